The number of aliphatic hydroxyl groups excluding tert-OH is 2. The van der Waals surface area contributed by atoms with Gasteiger partial charge in [-0.15, -0.1) is 0 Å². The number of ether oxygens (including phenoxy) is 1. The van der Waals surface area contributed by atoms with E-state index in [2.05, 4.69) is 44.7 Å². The minimum atomic E-state index is -5.82. The van der Waals surface area contributed by atoms with Crippen molar-refractivity contribution in [3.8, 4) is 0 Å². The third-order valence-corrected chi connectivity index (χ3v) is 15.4. The maximum Gasteiger partial charge on any atom is 0.490 e. The summed E-state index contributed by atoms with van der Waals surface area (Å²) in [6, 6.07) is 0.283. The molecule has 3 unspecified atom stereocenters. The second kappa shape index (κ2) is 25.0. The smallest absolute Gasteiger partial charge is 0.387 e. The summed E-state index contributed by atoms with van der Waals surface area (Å²) in [4.78, 5) is 101. The van der Waals surface area contributed by atoms with E-state index < -0.39 is 60.3 Å². The van der Waals surface area contributed by atoms with Crippen molar-refractivity contribution in [2.75, 3.05) is 37.7 Å². The Balaban J connectivity index is 1.03. The average Bonchev–Trinajstić information content (AvgIpc) is 3.84. The number of nitrogens with zero attached hydrogens (tertiary/aromatic N) is 2. The fraction of sp³-hybridized carbons (Fsp3) is 0.706. The van der Waals surface area contributed by atoms with Crippen molar-refractivity contribution >= 4 is 70.9 Å². The molecule has 1 aromatic rings. The molecule has 64 heavy (non-hydrogen) atoms. The van der Waals surface area contributed by atoms with E-state index in [0.29, 0.717) is 56.9 Å². The molecular formula is C34H57N8O18P3S. The maximum atomic E-state index is 12.6. The molecule has 30 heteroatoms. The van der Waals surface area contributed by atoms with Crippen molar-refractivity contribution in [2.45, 2.75) is 119 Å². The van der Waals surface area contributed by atoms with Gasteiger partial charge < -0.3 is 66.8 Å². The quantitative estimate of drug-likeness (QED) is 0.0298. The lowest BCUT2D eigenvalue weighted by Gasteiger charge is -2.19. The number of aromatic nitrogens is 2. The first-order valence-electron chi connectivity index (χ1n) is 20.5. The number of rotatable bonds is 28. The van der Waals surface area contributed by atoms with Crippen LogP contribution < -0.4 is 38.0 Å². The molecule has 4 heterocycles. The van der Waals surface area contributed by atoms with Crippen LogP contribution in [0.15, 0.2) is 17.1 Å². The topological polar surface area (TPSA) is 399 Å². The van der Waals surface area contributed by atoms with Gasteiger partial charge in [-0.2, -0.15) is 25.4 Å². The highest BCUT2D eigenvalue weighted by atomic mass is 32.2. The van der Waals surface area contributed by atoms with Gasteiger partial charge in [-0.1, -0.05) is 31.4 Å². The molecule has 0 spiro atoms. The summed E-state index contributed by atoms with van der Waals surface area (Å²) in [5, 5.41) is 35.8. The molecule has 4 rings (SSSR count). The van der Waals surface area contributed by atoms with E-state index in [-0.39, 0.29) is 60.2 Å². The number of carbonyl (C=O) groups excluding carboxylic acids is 4. The molecule has 3 saturated heterocycles. The van der Waals surface area contributed by atoms with Crippen LogP contribution in [0.4, 0.5) is 10.6 Å². The molecule has 0 bridgehead atoms. The largest absolute Gasteiger partial charge is 0.490 e. The molecule has 0 aliphatic carbocycles. The van der Waals surface area contributed by atoms with Crippen LogP contribution in [0.5, 0.6) is 0 Å². The lowest BCUT2D eigenvalue weighted by molar-refractivity contribution is -0.122. The fourth-order valence-electron chi connectivity index (χ4n) is 6.90. The predicted molar refractivity (Wildman–Crippen MR) is 228 cm³/mol. The van der Waals surface area contributed by atoms with E-state index in [1.165, 1.54) is 12.2 Å². The zero-order valence-electron chi connectivity index (χ0n) is 34.6. The van der Waals surface area contributed by atoms with Crippen LogP contribution >= 0.6 is 35.2 Å². The number of aliphatic hydroxyl groups is 2. The summed E-state index contributed by atoms with van der Waals surface area (Å²) >= 11 is 1.87. The summed E-state index contributed by atoms with van der Waals surface area (Å²) in [6.07, 6.45) is 5.06. The van der Waals surface area contributed by atoms with Crippen molar-refractivity contribution in [2.24, 2.45) is 0 Å². The second-order valence-corrected chi connectivity index (χ2v) is 20.8. The molecular weight excluding hydrogens is 933 g/mol. The fourth-order valence-corrected chi connectivity index (χ4v) is 11.5. The van der Waals surface area contributed by atoms with E-state index in [9.17, 15) is 57.7 Å². The number of thioether (sulfide) groups is 1. The van der Waals surface area contributed by atoms with Crippen molar-refractivity contribution in [3.63, 3.8) is 0 Å². The Kier molecular flexibility index (Phi) is 20.9. The van der Waals surface area contributed by atoms with Gasteiger partial charge in [0.15, 0.2) is 6.23 Å². The number of unbranched alkanes of at least 4 members (excludes halogenated alkanes) is 5. The Morgan fingerprint density at radius 3 is 2.09 bits per heavy atom. The number of hydrogen-bond acceptors (Lipinski definition) is 17. The Labute approximate surface area is 371 Å². The Hall–Kier alpha value is -3.26. The van der Waals surface area contributed by atoms with Crippen LogP contribution in [0.2, 0.25) is 0 Å². The number of hydrogen-bond donors (Lipinski definition) is 12. The van der Waals surface area contributed by atoms with Gasteiger partial charge in [-0.25, -0.2) is 23.3 Å². The van der Waals surface area contributed by atoms with Crippen LogP contribution in [-0.2, 0) is 46.0 Å². The summed E-state index contributed by atoms with van der Waals surface area (Å²) in [5.74, 6) is 0.416. The van der Waals surface area contributed by atoms with Crippen LogP contribution in [0.3, 0.4) is 0 Å². The standard InChI is InChI=1S/C34H57N8O18P3S/c35-31-21(18-42(34(49)41-31)32-30(47)29(46)23(58-32)19-57-62(53,54)60-63(55,56)59-61(50,51)52)10-9-17-38-26(44)13-4-2-7-15-36-25(43)12-3-1-8-16-37-27(45)14-6-5-11-24-28-22(20-64-24)39-33(48)40-28/h9-10,18,22-24,28-30,32,46-47H,1-8,11-17,19-20H2,(H,36,43)(H,37,45)(H,38,44)(H,53,54)(H,55,56)(H2,35,41,49)(H2,39,40,48)(H2,50,51,52)/t22-,23-,24-,28-,29?,30+,32-/m1/s1. The van der Waals surface area contributed by atoms with Crippen LogP contribution in [0.25, 0.3) is 6.08 Å². The van der Waals surface area contributed by atoms with Gasteiger partial charge in [0.05, 0.1) is 18.7 Å². The van der Waals surface area contributed by atoms with Crippen molar-refractivity contribution in [1.82, 2.24) is 36.1 Å². The number of nitrogens with two attached hydrogens (primary N) is 1. The zero-order valence-corrected chi connectivity index (χ0v) is 38.1. The van der Waals surface area contributed by atoms with Gasteiger partial charge in [0.1, 0.15) is 24.1 Å². The van der Waals surface area contributed by atoms with Gasteiger partial charge in [-0.3, -0.25) is 23.5 Å². The number of nitrogen functional groups attached to an aromatic ring is 1. The van der Waals surface area contributed by atoms with Gasteiger partial charge in [0.2, 0.25) is 17.7 Å². The van der Waals surface area contributed by atoms with E-state index in [0.717, 1.165) is 48.6 Å². The highest BCUT2D eigenvalue weighted by Crippen LogP contribution is 2.66. The third kappa shape index (κ3) is 18.2. The molecule has 13 N–H and O–H groups in total. The van der Waals surface area contributed by atoms with E-state index in [4.69, 9.17) is 20.3 Å². The zero-order chi connectivity index (χ0) is 47.1. The lowest BCUT2D eigenvalue weighted by atomic mass is 10.0. The number of fused-ring (bicyclic) bond motifs is 1. The monoisotopic (exact) mass is 990 g/mol. The normalized spacial score (nSPS) is 25.0. The van der Waals surface area contributed by atoms with E-state index >= 15 is 0 Å². The average molecular weight is 991 g/mol. The van der Waals surface area contributed by atoms with Crippen LogP contribution in [0, 0.1) is 0 Å². The SMILES string of the molecule is Nc1nc(=O)n([C@@H]2O[C@H](COP(=O)(O)OP(=O)(O)OP(=O)(O)O)C(O)[C@@H]2O)cc1C=CCNC(=O)CCCCCNC(=O)CCCCCNC(=O)CCCC[C@H]1SC[C@H]2NC(=O)N[C@H]21. The van der Waals surface area contributed by atoms with Gasteiger partial charge >= 0.3 is 35.2 Å². The van der Waals surface area contributed by atoms with Crippen molar-refractivity contribution in [1.29, 1.82) is 0 Å². The first kappa shape index (κ1) is 53.4. The summed E-state index contributed by atoms with van der Waals surface area (Å²) in [6.45, 7) is 0.00737. The number of nitrogens with one attached hydrogen (secondary N) is 5. The molecule has 5 amide bonds. The number of amides is 5. The van der Waals surface area contributed by atoms with Gasteiger partial charge in [-0.05, 0) is 38.5 Å². The minimum Gasteiger partial charge on any atom is -0.387 e. The van der Waals surface area contributed by atoms with Crippen LogP contribution in [0.1, 0.15) is 88.8 Å². The summed E-state index contributed by atoms with van der Waals surface area (Å²) in [7, 11) is -17.0. The molecule has 362 valence electrons. The summed E-state index contributed by atoms with van der Waals surface area (Å²) < 4.78 is 52.2. The van der Waals surface area contributed by atoms with Gasteiger partial charge in [0.25, 0.3) is 0 Å². The predicted octanol–water partition coefficient (Wildman–Crippen LogP) is -0.00360. The van der Waals surface area contributed by atoms with Crippen molar-refractivity contribution < 1.29 is 80.5 Å². The molecule has 1 aromatic heterocycles. The number of phosphoric ester groups is 1. The molecule has 0 aromatic carbocycles. The summed E-state index contributed by atoms with van der Waals surface area (Å²) in [5.41, 5.74) is 4.97. The van der Waals surface area contributed by atoms with E-state index in [1.807, 2.05) is 11.8 Å². The first-order chi connectivity index (χ1) is 30.1. The van der Waals surface area contributed by atoms with Crippen molar-refractivity contribution in [3.05, 3.63) is 28.3 Å². The number of phosphoric acid groups is 3. The maximum absolute atomic E-state index is 12.6. The second-order valence-electron chi connectivity index (χ2n) is 15.1. The molecule has 3 aliphatic rings. The molecule has 3 aliphatic heterocycles. The molecule has 0 saturated carbocycles. The highest BCUT2D eigenvalue weighted by molar-refractivity contribution is 8.00. The Bertz CT molecular complexity index is 2010. The minimum absolute atomic E-state index is 0.0238. The third-order valence-electron chi connectivity index (χ3n) is 10.0. The molecule has 26 nitrogen and oxygen atoms in total. The Morgan fingerprint density at radius 1 is 0.859 bits per heavy atom. The molecule has 9 atom stereocenters. The van der Waals surface area contributed by atoms with Crippen LogP contribution in [-0.4, -0.2) is 131 Å². The first-order valence-corrected chi connectivity index (χ1v) is 26.0. The molecule has 0 radical (unpaired) electrons. The van der Waals surface area contributed by atoms with E-state index in [1.54, 1.807) is 0 Å². The number of anilines is 1. The number of urea groups is 1. The molecule has 3 fully saturated rings. The highest BCUT2D eigenvalue weighted by Gasteiger charge is 2.47. The number of carbonyl (C=O) groups is 4. The van der Waals surface area contributed by atoms with Gasteiger partial charge in [0, 0.05) is 61.7 Å². The lowest BCUT2D eigenvalue weighted by Crippen LogP contribution is -2.36. The Morgan fingerprint density at radius 2 is 1.47 bits per heavy atom.